The predicted octanol–water partition coefficient (Wildman–Crippen LogP) is 3.20. The summed E-state index contributed by atoms with van der Waals surface area (Å²) in [5.41, 5.74) is 0. The van der Waals surface area contributed by atoms with Crippen LogP contribution < -0.4 is 5.32 Å². The molecule has 1 N–H and O–H groups in total. The first-order chi connectivity index (χ1) is 6.27. The van der Waals surface area contributed by atoms with Crippen molar-refractivity contribution in [1.82, 2.24) is 5.32 Å². The van der Waals surface area contributed by atoms with Crippen LogP contribution in [0.5, 0.6) is 0 Å². The van der Waals surface area contributed by atoms with Gasteiger partial charge in [-0.05, 0) is 38.1 Å². The summed E-state index contributed by atoms with van der Waals surface area (Å²) in [4.78, 5) is 0. The molecule has 0 aliphatic heterocycles. The first kappa shape index (κ1) is 11.0. The Morgan fingerprint density at radius 1 is 1.23 bits per heavy atom. The van der Waals surface area contributed by atoms with E-state index in [1.165, 1.54) is 38.5 Å². The summed E-state index contributed by atoms with van der Waals surface area (Å²) in [6.07, 6.45) is 8.53. The van der Waals surface area contributed by atoms with E-state index in [1.54, 1.807) is 0 Å². The monoisotopic (exact) mass is 183 g/mol. The van der Waals surface area contributed by atoms with Gasteiger partial charge in [0.15, 0.2) is 0 Å². The molecule has 3 atom stereocenters. The second-order valence-electron chi connectivity index (χ2n) is 4.68. The summed E-state index contributed by atoms with van der Waals surface area (Å²) >= 11 is 0. The Morgan fingerprint density at radius 2 is 2.00 bits per heavy atom. The SMILES string of the molecule is CCC(NC)C1CCCC(C)CC1. The first-order valence-corrected chi connectivity index (χ1v) is 5.95. The summed E-state index contributed by atoms with van der Waals surface area (Å²) in [6, 6.07) is 0.769. The molecule has 1 aliphatic carbocycles. The van der Waals surface area contributed by atoms with Gasteiger partial charge in [0.1, 0.15) is 0 Å². The van der Waals surface area contributed by atoms with Gasteiger partial charge in [-0.15, -0.1) is 0 Å². The minimum absolute atomic E-state index is 0.769. The van der Waals surface area contributed by atoms with Crippen LogP contribution in [0.2, 0.25) is 0 Å². The van der Waals surface area contributed by atoms with Crippen LogP contribution in [0.4, 0.5) is 0 Å². The van der Waals surface area contributed by atoms with E-state index in [-0.39, 0.29) is 0 Å². The largest absolute Gasteiger partial charge is 0.317 e. The highest BCUT2D eigenvalue weighted by Gasteiger charge is 2.21. The lowest BCUT2D eigenvalue weighted by Gasteiger charge is -2.24. The predicted molar refractivity (Wildman–Crippen MR) is 58.9 cm³/mol. The fourth-order valence-corrected chi connectivity index (χ4v) is 2.69. The molecule has 13 heavy (non-hydrogen) atoms. The van der Waals surface area contributed by atoms with Crippen molar-refractivity contribution in [2.75, 3.05) is 7.05 Å². The Hall–Kier alpha value is -0.0400. The van der Waals surface area contributed by atoms with Gasteiger partial charge < -0.3 is 5.32 Å². The minimum Gasteiger partial charge on any atom is -0.317 e. The zero-order valence-electron chi connectivity index (χ0n) is 9.47. The third-order valence-electron chi connectivity index (χ3n) is 3.68. The molecule has 0 bridgehead atoms. The number of hydrogen-bond acceptors (Lipinski definition) is 1. The van der Waals surface area contributed by atoms with Crippen LogP contribution >= 0.6 is 0 Å². The maximum Gasteiger partial charge on any atom is 0.00897 e. The Morgan fingerprint density at radius 3 is 2.62 bits per heavy atom. The van der Waals surface area contributed by atoms with E-state index in [2.05, 4.69) is 26.2 Å². The van der Waals surface area contributed by atoms with E-state index < -0.39 is 0 Å². The second-order valence-corrected chi connectivity index (χ2v) is 4.68. The van der Waals surface area contributed by atoms with E-state index >= 15 is 0 Å². The van der Waals surface area contributed by atoms with E-state index in [9.17, 15) is 0 Å². The average Bonchev–Trinajstić information content (AvgIpc) is 2.34. The normalized spacial score (nSPS) is 32.5. The van der Waals surface area contributed by atoms with Crippen molar-refractivity contribution in [3.8, 4) is 0 Å². The second kappa shape index (κ2) is 5.64. The molecular formula is C12H25N. The smallest absolute Gasteiger partial charge is 0.00897 e. The van der Waals surface area contributed by atoms with Gasteiger partial charge in [0.2, 0.25) is 0 Å². The molecule has 1 saturated carbocycles. The highest BCUT2D eigenvalue weighted by molar-refractivity contribution is 4.77. The van der Waals surface area contributed by atoms with Crippen LogP contribution in [0.15, 0.2) is 0 Å². The van der Waals surface area contributed by atoms with Crippen LogP contribution in [0.1, 0.15) is 52.4 Å². The van der Waals surface area contributed by atoms with Crippen molar-refractivity contribution in [3.05, 3.63) is 0 Å². The minimum atomic E-state index is 0.769. The molecule has 0 radical (unpaired) electrons. The van der Waals surface area contributed by atoms with Gasteiger partial charge in [-0.3, -0.25) is 0 Å². The molecule has 1 fully saturated rings. The van der Waals surface area contributed by atoms with Gasteiger partial charge in [-0.2, -0.15) is 0 Å². The molecule has 0 aromatic heterocycles. The van der Waals surface area contributed by atoms with Crippen molar-refractivity contribution in [1.29, 1.82) is 0 Å². The topological polar surface area (TPSA) is 12.0 Å². The summed E-state index contributed by atoms with van der Waals surface area (Å²) in [5, 5.41) is 3.46. The lowest BCUT2D eigenvalue weighted by atomic mass is 9.90. The molecule has 3 unspecified atom stereocenters. The Bertz CT molecular complexity index is 129. The Balaban J connectivity index is 2.40. The van der Waals surface area contributed by atoms with Crippen molar-refractivity contribution < 1.29 is 0 Å². The standard InChI is InChI=1S/C12H25N/c1-4-12(13-3)11-7-5-6-10(2)8-9-11/h10-13H,4-9H2,1-3H3. The summed E-state index contributed by atoms with van der Waals surface area (Å²) in [7, 11) is 2.11. The molecule has 0 spiro atoms. The van der Waals surface area contributed by atoms with Crippen LogP contribution in [0.3, 0.4) is 0 Å². The van der Waals surface area contributed by atoms with E-state index in [0.717, 1.165) is 17.9 Å². The van der Waals surface area contributed by atoms with Gasteiger partial charge in [0.05, 0.1) is 0 Å². The molecule has 0 saturated heterocycles. The Labute approximate surface area is 83.3 Å². The van der Waals surface area contributed by atoms with Crippen molar-refractivity contribution in [3.63, 3.8) is 0 Å². The van der Waals surface area contributed by atoms with Gasteiger partial charge in [0.25, 0.3) is 0 Å². The number of rotatable bonds is 3. The molecule has 78 valence electrons. The van der Waals surface area contributed by atoms with Crippen LogP contribution in [0.25, 0.3) is 0 Å². The fraction of sp³-hybridized carbons (Fsp3) is 1.00. The lowest BCUT2D eigenvalue weighted by Crippen LogP contribution is -2.32. The highest BCUT2D eigenvalue weighted by atomic mass is 14.9. The molecule has 1 rings (SSSR count). The molecule has 1 nitrogen and oxygen atoms in total. The van der Waals surface area contributed by atoms with Crippen molar-refractivity contribution in [2.45, 2.75) is 58.4 Å². The molecule has 0 aromatic carbocycles. The van der Waals surface area contributed by atoms with Crippen LogP contribution in [-0.4, -0.2) is 13.1 Å². The maximum atomic E-state index is 3.46. The molecular weight excluding hydrogens is 158 g/mol. The van der Waals surface area contributed by atoms with Crippen molar-refractivity contribution in [2.24, 2.45) is 11.8 Å². The Kier molecular flexibility index (Phi) is 4.79. The zero-order valence-corrected chi connectivity index (χ0v) is 9.47. The molecule has 0 heterocycles. The summed E-state index contributed by atoms with van der Waals surface area (Å²) < 4.78 is 0. The number of nitrogens with one attached hydrogen (secondary N) is 1. The van der Waals surface area contributed by atoms with Gasteiger partial charge in [-0.1, -0.05) is 33.1 Å². The fourth-order valence-electron chi connectivity index (χ4n) is 2.69. The first-order valence-electron chi connectivity index (χ1n) is 5.95. The quantitative estimate of drug-likeness (QED) is 0.663. The molecule has 1 heteroatoms. The summed E-state index contributed by atoms with van der Waals surface area (Å²) in [6.45, 7) is 4.71. The average molecular weight is 183 g/mol. The molecule has 0 amide bonds. The molecule has 0 aromatic rings. The zero-order chi connectivity index (χ0) is 9.68. The third-order valence-corrected chi connectivity index (χ3v) is 3.68. The lowest BCUT2D eigenvalue weighted by molar-refractivity contribution is 0.324. The van der Waals surface area contributed by atoms with Crippen molar-refractivity contribution >= 4 is 0 Å². The van der Waals surface area contributed by atoms with E-state index in [1.807, 2.05) is 0 Å². The van der Waals surface area contributed by atoms with E-state index in [0.29, 0.717) is 0 Å². The molecule has 1 aliphatic rings. The van der Waals surface area contributed by atoms with Gasteiger partial charge >= 0.3 is 0 Å². The van der Waals surface area contributed by atoms with Gasteiger partial charge in [-0.25, -0.2) is 0 Å². The van der Waals surface area contributed by atoms with Crippen LogP contribution in [0, 0.1) is 11.8 Å². The number of hydrogen-bond donors (Lipinski definition) is 1. The van der Waals surface area contributed by atoms with Gasteiger partial charge in [0, 0.05) is 6.04 Å². The van der Waals surface area contributed by atoms with Crippen LogP contribution in [-0.2, 0) is 0 Å². The highest BCUT2D eigenvalue weighted by Crippen LogP contribution is 2.29. The maximum absolute atomic E-state index is 3.46. The van der Waals surface area contributed by atoms with E-state index in [4.69, 9.17) is 0 Å². The summed E-state index contributed by atoms with van der Waals surface area (Å²) in [5.74, 6) is 1.92. The third kappa shape index (κ3) is 3.30.